The summed E-state index contributed by atoms with van der Waals surface area (Å²) in [5, 5.41) is 25.4. The molecule has 0 bridgehead atoms. The molecule has 172 valence electrons. The fourth-order valence-electron chi connectivity index (χ4n) is 4.52. The summed E-state index contributed by atoms with van der Waals surface area (Å²) >= 11 is 5.59. The first-order valence-corrected chi connectivity index (χ1v) is 10.9. The number of hydrogen-bond donors (Lipinski definition) is 2. The van der Waals surface area contributed by atoms with E-state index in [1.165, 1.54) is 13.2 Å². The third-order valence-electron chi connectivity index (χ3n) is 5.95. The second-order valence-corrected chi connectivity index (χ2v) is 8.20. The van der Waals surface area contributed by atoms with E-state index in [-0.39, 0.29) is 24.4 Å². The predicted octanol–water partition coefficient (Wildman–Crippen LogP) is 3.37. The number of aliphatic hydroxyl groups excluding tert-OH is 1. The van der Waals surface area contributed by atoms with Crippen molar-refractivity contribution in [2.24, 2.45) is 0 Å². The number of aliphatic hydroxyl groups is 1. The summed E-state index contributed by atoms with van der Waals surface area (Å²) < 4.78 is 7.06. The molecule has 1 aliphatic rings. The van der Waals surface area contributed by atoms with Gasteiger partial charge in [-0.05, 0) is 62.0 Å². The van der Waals surface area contributed by atoms with Crippen molar-refractivity contribution in [3.05, 3.63) is 81.4 Å². The van der Waals surface area contributed by atoms with Crippen molar-refractivity contribution in [3.63, 3.8) is 0 Å². The number of aromatic nitrogens is 2. The average molecular weight is 468 g/mol. The fourth-order valence-corrected chi connectivity index (χ4v) is 4.85. The van der Waals surface area contributed by atoms with E-state index in [2.05, 4.69) is 10.3 Å². The van der Waals surface area contributed by atoms with E-state index in [1.807, 2.05) is 47.6 Å². The van der Waals surface area contributed by atoms with Crippen molar-refractivity contribution < 1.29 is 14.8 Å². The number of methoxy groups -OCH3 is 1. The smallest absolute Gasteiger partial charge is 0.296 e. The lowest BCUT2D eigenvalue weighted by Crippen LogP contribution is -2.32. The molecule has 0 saturated carbocycles. The number of ether oxygens (including phenoxy) is 1. The summed E-state index contributed by atoms with van der Waals surface area (Å²) in [5.41, 5.74) is 3.88. The lowest BCUT2D eigenvalue weighted by atomic mass is 9.97. The molecule has 3 heterocycles. The molecular weight excluding hydrogens is 442 g/mol. The van der Waals surface area contributed by atoms with Gasteiger partial charge in [-0.3, -0.25) is 15.1 Å². The Morgan fingerprint density at radius 1 is 1.27 bits per heavy atom. The highest BCUT2D eigenvalue weighted by Crippen LogP contribution is 2.42. The van der Waals surface area contributed by atoms with E-state index in [0.717, 1.165) is 22.6 Å². The standard InChI is InChI=1S/C23H25N5O4S/c1-14-12-17(15(2)27(14)19-8-7-16(32-3)13-20(19)28(30)31)22-21(18-6-4-5-9-24-18)25-23(33)26(22)10-11-29/h4-9,12-13,21-22,29H,10-11H2,1-3H3,(H,25,33)/t21-,22+/m1/s1. The quantitative estimate of drug-likeness (QED) is 0.310. The van der Waals surface area contributed by atoms with Crippen LogP contribution in [0.15, 0.2) is 48.7 Å². The highest BCUT2D eigenvalue weighted by Gasteiger charge is 2.41. The molecule has 4 rings (SSSR count). The molecule has 33 heavy (non-hydrogen) atoms. The first-order chi connectivity index (χ1) is 15.9. The van der Waals surface area contributed by atoms with Crippen LogP contribution in [0.3, 0.4) is 0 Å². The van der Waals surface area contributed by atoms with E-state index < -0.39 is 4.92 Å². The zero-order chi connectivity index (χ0) is 23.7. The second-order valence-electron chi connectivity index (χ2n) is 7.82. The van der Waals surface area contributed by atoms with Gasteiger partial charge in [0.15, 0.2) is 5.11 Å². The van der Waals surface area contributed by atoms with Gasteiger partial charge in [0.05, 0.1) is 42.5 Å². The van der Waals surface area contributed by atoms with Gasteiger partial charge in [0.2, 0.25) is 0 Å². The number of nitrogens with one attached hydrogen (secondary N) is 1. The van der Waals surface area contributed by atoms with Gasteiger partial charge in [-0.1, -0.05) is 6.07 Å². The maximum absolute atomic E-state index is 11.8. The minimum Gasteiger partial charge on any atom is -0.496 e. The van der Waals surface area contributed by atoms with Gasteiger partial charge in [0.25, 0.3) is 5.69 Å². The Morgan fingerprint density at radius 3 is 2.70 bits per heavy atom. The molecule has 1 fully saturated rings. The number of benzene rings is 1. The summed E-state index contributed by atoms with van der Waals surface area (Å²) in [6.07, 6.45) is 1.73. The van der Waals surface area contributed by atoms with Gasteiger partial charge in [0, 0.05) is 24.1 Å². The Hall–Kier alpha value is -3.50. The number of hydrogen-bond acceptors (Lipinski definition) is 6. The van der Waals surface area contributed by atoms with E-state index in [4.69, 9.17) is 17.0 Å². The highest BCUT2D eigenvalue weighted by molar-refractivity contribution is 7.80. The maximum Gasteiger partial charge on any atom is 0.296 e. The summed E-state index contributed by atoms with van der Waals surface area (Å²) in [5.74, 6) is 0.419. The van der Waals surface area contributed by atoms with Crippen molar-refractivity contribution in [1.82, 2.24) is 19.8 Å². The Labute approximate surface area is 196 Å². The van der Waals surface area contributed by atoms with Gasteiger partial charge in [-0.2, -0.15) is 0 Å². The lowest BCUT2D eigenvalue weighted by molar-refractivity contribution is -0.384. The zero-order valence-corrected chi connectivity index (χ0v) is 19.4. The van der Waals surface area contributed by atoms with Crippen LogP contribution < -0.4 is 10.1 Å². The van der Waals surface area contributed by atoms with Gasteiger partial charge < -0.3 is 24.6 Å². The summed E-state index contributed by atoms with van der Waals surface area (Å²) in [7, 11) is 1.48. The zero-order valence-electron chi connectivity index (χ0n) is 18.6. The molecule has 0 spiro atoms. The van der Waals surface area contributed by atoms with Gasteiger partial charge in [-0.25, -0.2) is 0 Å². The normalized spacial score (nSPS) is 17.8. The van der Waals surface area contributed by atoms with Gasteiger partial charge in [0.1, 0.15) is 11.4 Å². The van der Waals surface area contributed by atoms with Gasteiger partial charge in [-0.15, -0.1) is 0 Å². The topological polar surface area (TPSA) is 106 Å². The first kappa shape index (κ1) is 22.7. The number of nitro benzene ring substituents is 1. The van der Waals surface area contributed by atoms with E-state index in [9.17, 15) is 15.2 Å². The number of rotatable bonds is 7. The molecule has 0 radical (unpaired) electrons. The van der Waals surface area contributed by atoms with Crippen molar-refractivity contribution in [1.29, 1.82) is 0 Å². The molecule has 9 nitrogen and oxygen atoms in total. The average Bonchev–Trinajstić information content (AvgIpc) is 3.29. The molecule has 3 aromatic rings. The monoisotopic (exact) mass is 467 g/mol. The molecule has 1 saturated heterocycles. The van der Waals surface area contributed by atoms with E-state index >= 15 is 0 Å². The van der Waals surface area contributed by atoms with Crippen LogP contribution in [0.1, 0.15) is 34.7 Å². The number of aryl methyl sites for hydroxylation is 1. The first-order valence-electron chi connectivity index (χ1n) is 10.5. The molecule has 2 N–H and O–H groups in total. The Balaban J connectivity index is 1.87. The maximum atomic E-state index is 11.8. The van der Waals surface area contributed by atoms with Crippen LogP contribution in [0.2, 0.25) is 0 Å². The number of nitrogens with zero attached hydrogens (tertiary/aromatic N) is 4. The fraction of sp³-hybridized carbons (Fsp3) is 0.304. The highest BCUT2D eigenvalue weighted by atomic mass is 32.1. The summed E-state index contributed by atoms with van der Waals surface area (Å²) in [6, 6.07) is 12.1. The van der Waals surface area contributed by atoms with Crippen molar-refractivity contribution >= 4 is 23.0 Å². The molecule has 1 aliphatic heterocycles. The second kappa shape index (κ2) is 9.16. The SMILES string of the molecule is COc1ccc(-n2c(C)cc([C@H]3[C@@H](c4ccccn4)NC(=S)N3CCO)c2C)c([N+](=O)[O-])c1. The lowest BCUT2D eigenvalue weighted by Gasteiger charge is -2.27. The van der Waals surface area contributed by atoms with E-state index in [1.54, 1.807) is 18.3 Å². The van der Waals surface area contributed by atoms with Gasteiger partial charge >= 0.3 is 0 Å². The van der Waals surface area contributed by atoms with Crippen LogP contribution in [0.4, 0.5) is 5.69 Å². The Kier molecular flexibility index (Phi) is 6.30. The Morgan fingerprint density at radius 2 is 2.06 bits per heavy atom. The minimum absolute atomic E-state index is 0.0451. The number of thiocarbonyl (C=S) groups is 1. The van der Waals surface area contributed by atoms with E-state index in [0.29, 0.717) is 23.1 Å². The van der Waals surface area contributed by atoms with Crippen molar-refractivity contribution in [2.45, 2.75) is 25.9 Å². The summed E-state index contributed by atoms with van der Waals surface area (Å²) in [4.78, 5) is 17.9. The van der Waals surface area contributed by atoms with Crippen LogP contribution in [0.25, 0.3) is 5.69 Å². The molecular formula is C23H25N5O4S. The third kappa shape index (κ3) is 4.03. The number of nitro groups is 1. The molecule has 0 aliphatic carbocycles. The summed E-state index contributed by atoms with van der Waals surface area (Å²) in [6.45, 7) is 4.14. The van der Waals surface area contributed by atoms with Crippen molar-refractivity contribution in [2.75, 3.05) is 20.3 Å². The molecule has 1 aromatic carbocycles. The van der Waals surface area contributed by atoms with Crippen LogP contribution in [0.5, 0.6) is 5.75 Å². The van der Waals surface area contributed by atoms with Crippen LogP contribution >= 0.6 is 12.2 Å². The number of pyridine rings is 1. The molecule has 2 atom stereocenters. The van der Waals surface area contributed by atoms with Crippen LogP contribution in [-0.4, -0.2) is 49.9 Å². The van der Waals surface area contributed by atoms with Crippen LogP contribution in [-0.2, 0) is 0 Å². The minimum atomic E-state index is -0.405. The van der Waals surface area contributed by atoms with Crippen molar-refractivity contribution in [3.8, 4) is 11.4 Å². The predicted molar refractivity (Wildman–Crippen MR) is 128 cm³/mol. The largest absolute Gasteiger partial charge is 0.496 e. The Bertz CT molecular complexity index is 1200. The molecule has 10 heteroatoms. The third-order valence-corrected chi connectivity index (χ3v) is 6.30. The number of β-amino-alcohol motifs (C(OH)–C–C–N with tert-alkyl or cyclic N) is 1. The molecule has 0 amide bonds. The molecule has 2 aromatic heterocycles. The van der Waals surface area contributed by atoms with Crippen LogP contribution in [0, 0.1) is 24.0 Å². The molecule has 0 unspecified atom stereocenters.